The topological polar surface area (TPSA) is 90.5 Å². The zero-order valence-corrected chi connectivity index (χ0v) is 19.4. The lowest BCUT2D eigenvalue weighted by Gasteiger charge is -2.14. The highest BCUT2D eigenvalue weighted by molar-refractivity contribution is 7.99. The van der Waals surface area contributed by atoms with Crippen molar-refractivity contribution >= 4 is 35.1 Å². The minimum Gasteiger partial charge on any atom is -0.310 e. The molecule has 0 unspecified atom stereocenters. The van der Waals surface area contributed by atoms with Crippen molar-refractivity contribution in [1.29, 1.82) is 0 Å². The Balaban J connectivity index is 1.63. The molecule has 0 saturated carbocycles. The van der Waals surface area contributed by atoms with Crippen LogP contribution < -0.4 is 5.32 Å². The molecule has 0 atom stereocenters. The van der Waals surface area contributed by atoms with Crippen molar-refractivity contribution in [2.75, 3.05) is 11.1 Å². The first-order valence-corrected chi connectivity index (χ1v) is 11.4. The number of rotatable bonds is 7. The molecule has 4 rings (SSSR count). The maximum Gasteiger partial charge on any atom is 0.235 e. The van der Waals surface area contributed by atoms with Gasteiger partial charge in [-0.25, -0.2) is 4.68 Å². The molecule has 0 bridgehead atoms. The number of hydrogen-bond donors (Lipinski definition) is 1. The van der Waals surface area contributed by atoms with Crippen molar-refractivity contribution < 1.29 is 4.79 Å². The summed E-state index contributed by atoms with van der Waals surface area (Å²) in [6, 6.07) is 11.3. The van der Waals surface area contributed by atoms with E-state index in [-0.39, 0.29) is 17.7 Å². The van der Waals surface area contributed by atoms with Gasteiger partial charge in [-0.2, -0.15) is 5.10 Å². The molecule has 0 saturated heterocycles. The van der Waals surface area contributed by atoms with E-state index in [1.807, 2.05) is 55.7 Å². The molecule has 0 aliphatic carbocycles. The number of carbonyl (C=O) groups is 1. The standard InChI is InChI=1S/C22H22ClN7OS/c1-14(2)30-19(9-12-25-30)26-20(31)13-32-22-28-27-21(16-7-10-24-11-8-16)29(22)18-6-4-5-17(23)15(18)3/h4-12,14H,13H2,1-3H3,(H,26,31). The normalized spacial score (nSPS) is 11.2. The van der Waals surface area contributed by atoms with E-state index < -0.39 is 0 Å². The van der Waals surface area contributed by atoms with Crippen molar-refractivity contribution in [3.8, 4) is 17.1 Å². The maximum absolute atomic E-state index is 12.6. The molecule has 0 aliphatic heterocycles. The quantitative estimate of drug-likeness (QED) is 0.392. The van der Waals surface area contributed by atoms with Gasteiger partial charge in [-0.15, -0.1) is 10.2 Å². The minimum atomic E-state index is -0.153. The molecule has 1 N–H and O–H groups in total. The Morgan fingerprint density at radius 1 is 1.12 bits per heavy atom. The van der Waals surface area contributed by atoms with Gasteiger partial charge in [0.2, 0.25) is 5.91 Å². The number of amides is 1. The Labute approximate surface area is 195 Å². The van der Waals surface area contributed by atoms with Gasteiger partial charge in [-0.05, 0) is 50.6 Å². The summed E-state index contributed by atoms with van der Waals surface area (Å²) in [6.45, 7) is 5.96. The number of hydrogen-bond acceptors (Lipinski definition) is 6. The lowest BCUT2D eigenvalue weighted by molar-refractivity contribution is -0.113. The van der Waals surface area contributed by atoms with Gasteiger partial charge in [0.1, 0.15) is 5.82 Å². The molecular weight excluding hydrogens is 446 g/mol. The summed E-state index contributed by atoms with van der Waals surface area (Å²) >= 11 is 7.69. The second-order valence-electron chi connectivity index (χ2n) is 7.35. The van der Waals surface area contributed by atoms with E-state index in [4.69, 9.17) is 11.6 Å². The Morgan fingerprint density at radius 2 is 1.91 bits per heavy atom. The van der Waals surface area contributed by atoms with Crippen LogP contribution in [-0.2, 0) is 4.79 Å². The van der Waals surface area contributed by atoms with Crippen LogP contribution in [0.2, 0.25) is 5.02 Å². The Bertz CT molecular complexity index is 1240. The second kappa shape index (κ2) is 9.54. The highest BCUT2D eigenvalue weighted by Gasteiger charge is 2.20. The molecule has 0 fully saturated rings. The molecule has 4 aromatic rings. The molecule has 0 radical (unpaired) electrons. The van der Waals surface area contributed by atoms with Gasteiger partial charge in [-0.1, -0.05) is 29.4 Å². The van der Waals surface area contributed by atoms with Crippen LogP contribution in [-0.4, -0.2) is 41.2 Å². The molecule has 0 aliphatic rings. The first-order valence-electron chi connectivity index (χ1n) is 10.0. The molecule has 10 heteroatoms. The van der Waals surface area contributed by atoms with Gasteiger partial charge < -0.3 is 5.32 Å². The predicted octanol–water partition coefficient (Wildman–Crippen LogP) is 4.80. The fourth-order valence-electron chi connectivity index (χ4n) is 3.24. The van der Waals surface area contributed by atoms with Crippen molar-refractivity contribution in [3.63, 3.8) is 0 Å². The number of aromatic nitrogens is 6. The van der Waals surface area contributed by atoms with Crippen LogP contribution in [0.4, 0.5) is 5.82 Å². The van der Waals surface area contributed by atoms with Crippen molar-refractivity contribution in [2.45, 2.75) is 32.0 Å². The van der Waals surface area contributed by atoms with E-state index in [1.165, 1.54) is 11.8 Å². The lowest BCUT2D eigenvalue weighted by atomic mass is 10.2. The number of thioether (sulfide) groups is 1. The van der Waals surface area contributed by atoms with Crippen LogP contribution in [0.15, 0.2) is 60.1 Å². The molecule has 164 valence electrons. The van der Waals surface area contributed by atoms with Crippen LogP contribution in [0.5, 0.6) is 0 Å². The molecule has 32 heavy (non-hydrogen) atoms. The third-order valence-corrected chi connectivity index (χ3v) is 6.15. The largest absolute Gasteiger partial charge is 0.310 e. The van der Waals surface area contributed by atoms with E-state index >= 15 is 0 Å². The van der Waals surface area contributed by atoms with E-state index in [1.54, 1.807) is 29.3 Å². The fraction of sp³-hybridized carbons (Fsp3) is 0.227. The smallest absolute Gasteiger partial charge is 0.235 e. The number of nitrogens with zero attached hydrogens (tertiary/aromatic N) is 6. The zero-order valence-electron chi connectivity index (χ0n) is 17.9. The van der Waals surface area contributed by atoms with Crippen molar-refractivity contribution in [3.05, 3.63) is 65.6 Å². The summed E-state index contributed by atoms with van der Waals surface area (Å²) in [5.74, 6) is 1.33. The van der Waals surface area contributed by atoms with Crippen LogP contribution in [0.1, 0.15) is 25.5 Å². The Morgan fingerprint density at radius 3 is 2.66 bits per heavy atom. The van der Waals surface area contributed by atoms with Crippen molar-refractivity contribution in [1.82, 2.24) is 29.5 Å². The van der Waals surface area contributed by atoms with Gasteiger partial charge in [0.05, 0.1) is 17.6 Å². The van der Waals surface area contributed by atoms with E-state index in [0.29, 0.717) is 21.8 Å². The molecule has 1 aromatic carbocycles. The summed E-state index contributed by atoms with van der Waals surface area (Å²) in [5, 5.41) is 17.2. The molecule has 0 spiro atoms. The van der Waals surface area contributed by atoms with E-state index in [9.17, 15) is 4.79 Å². The van der Waals surface area contributed by atoms with E-state index in [0.717, 1.165) is 16.8 Å². The van der Waals surface area contributed by atoms with Gasteiger partial charge in [0.25, 0.3) is 0 Å². The van der Waals surface area contributed by atoms with Gasteiger partial charge in [0, 0.05) is 35.1 Å². The van der Waals surface area contributed by atoms with Gasteiger partial charge in [0.15, 0.2) is 11.0 Å². The molecular formula is C22H22ClN7OS. The molecule has 8 nitrogen and oxygen atoms in total. The monoisotopic (exact) mass is 467 g/mol. The number of halogens is 1. The lowest BCUT2D eigenvalue weighted by Crippen LogP contribution is -2.18. The van der Waals surface area contributed by atoms with E-state index in [2.05, 4.69) is 25.6 Å². The summed E-state index contributed by atoms with van der Waals surface area (Å²) < 4.78 is 3.69. The summed E-state index contributed by atoms with van der Waals surface area (Å²) in [4.78, 5) is 16.7. The average molecular weight is 468 g/mol. The Hall–Kier alpha value is -3.17. The zero-order chi connectivity index (χ0) is 22.7. The van der Waals surface area contributed by atoms with Crippen LogP contribution >= 0.6 is 23.4 Å². The summed E-state index contributed by atoms with van der Waals surface area (Å²) in [5.41, 5.74) is 2.62. The molecule has 3 heterocycles. The van der Waals surface area contributed by atoms with Gasteiger partial charge in [-0.3, -0.25) is 14.3 Å². The van der Waals surface area contributed by atoms with Gasteiger partial charge >= 0.3 is 0 Å². The predicted molar refractivity (Wildman–Crippen MR) is 126 cm³/mol. The SMILES string of the molecule is Cc1c(Cl)cccc1-n1c(SCC(=O)Nc2ccnn2C(C)C)nnc1-c1ccncc1. The average Bonchev–Trinajstić information content (AvgIpc) is 3.42. The first kappa shape index (κ1) is 22.0. The first-order chi connectivity index (χ1) is 15.5. The third-order valence-electron chi connectivity index (χ3n) is 4.81. The third kappa shape index (κ3) is 4.53. The number of benzene rings is 1. The Kier molecular flexibility index (Phi) is 6.57. The highest BCUT2D eigenvalue weighted by atomic mass is 35.5. The molecule has 3 aromatic heterocycles. The maximum atomic E-state index is 12.6. The number of carbonyl (C=O) groups excluding carboxylic acids is 1. The highest BCUT2D eigenvalue weighted by Crippen LogP contribution is 2.31. The number of anilines is 1. The van der Waals surface area contributed by atoms with Crippen LogP contribution in [0.3, 0.4) is 0 Å². The molecule has 1 amide bonds. The van der Waals surface area contributed by atoms with Crippen molar-refractivity contribution in [2.24, 2.45) is 0 Å². The van der Waals surface area contributed by atoms with Crippen LogP contribution in [0.25, 0.3) is 17.1 Å². The second-order valence-corrected chi connectivity index (χ2v) is 8.70. The fourth-order valence-corrected chi connectivity index (χ4v) is 4.16. The van der Waals surface area contributed by atoms with Crippen LogP contribution in [0, 0.1) is 6.92 Å². The summed E-state index contributed by atoms with van der Waals surface area (Å²) in [6.07, 6.45) is 5.08. The number of nitrogens with one attached hydrogen (secondary N) is 1. The minimum absolute atomic E-state index is 0.143. The summed E-state index contributed by atoms with van der Waals surface area (Å²) in [7, 11) is 0. The number of pyridine rings is 1.